The molecule has 1 amide bonds. The van der Waals surface area contributed by atoms with Crippen LogP contribution in [0.25, 0.3) is 22.3 Å². The van der Waals surface area contributed by atoms with Crippen molar-refractivity contribution >= 4 is 28.6 Å². The van der Waals surface area contributed by atoms with E-state index >= 15 is 0 Å². The van der Waals surface area contributed by atoms with Gasteiger partial charge in [-0.05, 0) is 18.9 Å². The van der Waals surface area contributed by atoms with E-state index in [9.17, 15) is 4.79 Å². The predicted molar refractivity (Wildman–Crippen MR) is 104 cm³/mol. The summed E-state index contributed by atoms with van der Waals surface area (Å²) in [6, 6.07) is 8.15. The van der Waals surface area contributed by atoms with Crippen LogP contribution in [0.4, 0.5) is 0 Å². The summed E-state index contributed by atoms with van der Waals surface area (Å²) in [6.07, 6.45) is 6.66. The highest BCUT2D eigenvalue weighted by atomic mass is 32.2. The zero-order valence-electron chi connectivity index (χ0n) is 14.9. The van der Waals surface area contributed by atoms with Crippen LogP contribution in [0.15, 0.2) is 35.6 Å². The minimum absolute atomic E-state index is 0.202. The van der Waals surface area contributed by atoms with Crippen molar-refractivity contribution < 1.29 is 4.79 Å². The van der Waals surface area contributed by atoms with E-state index < -0.39 is 0 Å². The Morgan fingerprint density at radius 1 is 1.15 bits per heavy atom. The molecule has 0 spiro atoms. The molecule has 136 valence electrons. The fourth-order valence-corrected chi connectivity index (χ4v) is 4.28. The maximum atomic E-state index is 12.5. The van der Waals surface area contributed by atoms with Gasteiger partial charge in [0, 0.05) is 42.8 Å². The number of hydrogen-bond donors (Lipinski definition) is 1. The van der Waals surface area contributed by atoms with Gasteiger partial charge in [0.05, 0.1) is 5.75 Å². The van der Waals surface area contributed by atoms with E-state index in [1.54, 1.807) is 0 Å². The second kappa shape index (κ2) is 7.53. The lowest BCUT2D eigenvalue weighted by Crippen LogP contribution is -2.33. The predicted octanol–water partition coefficient (Wildman–Crippen LogP) is 3.46. The number of aromatic amines is 1. The summed E-state index contributed by atoms with van der Waals surface area (Å²) in [5, 5.41) is 10.6. The Balaban J connectivity index is 1.48. The van der Waals surface area contributed by atoms with Crippen molar-refractivity contribution in [3.63, 3.8) is 0 Å². The Morgan fingerprint density at radius 3 is 2.73 bits per heavy atom. The summed E-state index contributed by atoms with van der Waals surface area (Å²) in [5.41, 5.74) is 2.11. The van der Waals surface area contributed by atoms with E-state index in [1.807, 2.05) is 40.9 Å². The van der Waals surface area contributed by atoms with E-state index in [1.165, 1.54) is 24.6 Å². The van der Waals surface area contributed by atoms with Crippen molar-refractivity contribution in [1.82, 2.24) is 24.6 Å². The molecule has 1 aliphatic rings. The highest BCUT2D eigenvalue weighted by Crippen LogP contribution is 2.29. The van der Waals surface area contributed by atoms with Crippen LogP contribution >= 0.6 is 11.8 Å². The van der Waals surface area contributed by atoms with Crippen LogP contribution in [0.1, 0.15) is 25.7 Å². The maximum absolute atomic E-state index is 12.5. The molecule has 3 aromatic rings. The zero-order valence-corrected chi connectivity index (χ0v) is 15.8. The molecule has 0 atom stereocenters. The monoisotopic (exact) mass is 369 g/mol. The summed E-state index contributed by atoms with van der Waals surface area (Å²) in [4.78, 5) is 17.8. The first-order valence-electron chi connectivity index (χ1n) is 9.10. The molecule has 3 heterocycles. The van der Waals surface area contributed by atoms with Gasteiger partial charge in [-0.2, -0.15) is 0 Å². The molecular formula is C19H23N5OS. The number of likely N-dealkylation sites (tertiary alicyclic amines) is 1. The normalized spacial score (nSPS) is 15.3. The number of nitrogens with one attached hydrogen (secondary N) is 1. The van der Waals surface area contributed by atoms with Crippen molar-refractivity contribution in [3.8, 4) is 11.4 Å². The number of nitrogens with zero attached hydrogens (tertiary/aromatic N) is 4. The molecule has 1 N–H and O–H groups in total. The smallest absolute Gasteiger partial charge is 0.233 e. The first-order chi connectivity index (χ1) is 12.7. The molecule has 1 aliphatic heterocycles. The molecule has 0 aliphatic carbocycles. The molecule has 1 fully saturated rings. The number of amides is 1. The van der Waals surface area contributed by atoms with Gasteiger partial charge in [0.1, 0.15) is 0 Å². The van der Waals surface area contributed by atoms with Gasteiger partial charge in [0.15, 0.2) is 11.0 Å². The topological polar surface area (TPSA) is 66.8 Å². The molecule has 0 radical (unpaired) electrons. The fourth-order valence-electron chi connectivity index (χ4n) is 3.47. The highest BCUT2D eigenvalue weighted by molar-refractivity contribution is 7.99. The highest BCUT2D eigenvalue weighted by Gasteiger charge is 2.19. The number of H-pyrrole nitrogens is 1. The quantitative estimate of drug-likeness (QED) is 0.715. The van der Waals surface area contributed by atoms with Crippen molar-refractivity contribution in [3.05, 3.63) is 30.5 Å². The number of para-hydroxylation sites is 1. The van der Waals surface area contributed by atoms with Gasteiger partial charge in [-0.15, -0.1) is 10.2 Å². The summed E-state index contributed by atoms with van der Waals surface area (Å²) < 4.78 is 1.97. The van der Waals surface area contributed by atoms with Gasteiger partial charge in [0.25, 0.3) is 0 Å². The van der Waals surface area contributed by atoms with E-state index in [-0.39, 0.29) is 5.91 Å². The van der Waals surface area contributed by atoms with Gasteiger partial charge < -0.3 is 14.5 Å². The van der Waals surface area contributed by atoms with Crippen molar-refractivity contribution in [2.24, 2.45) is 7.05 Å². The third-order valence-corrected chi connectivity index (χ3v) is 5.95. The summed E-state index contributed by atoms with van der Waals surface area (Å²) in [7, 11) is 1.95. The number of thioether (sulfide) groups is 1. The lowest BCUT2D eigenvalue weighted by molar-refractivity contribution is -0.128. The van der Waals surface area contributed by atoms with E-state index in [2.05, 4.69) is 21.2 Å². The molecule has 26 heavy (non-hydrogen) atoms. The van der Waals surface area contributed by atoms with Crippen LogP contribution in [-0.2, 0) is 11.8 Å². The van der Waals surface area contributed by atoms with Crippen LogP contribution in [-0.4, -0.2) is 49.4 Å². The molecule has 4 rings (SSSR count). The molecular weight excluding hydrogens is 346 g/mol. The summed E-state index contributed by atoms with van der Waals surface area (Å²) >= 11 is 1.47. The summed E-state index contributed by atoms with van der Waals surface area (Å²) in [5.74, 6) is 1.43. The van der Waals surface area contributed by atoms with Gasteiger partial charge in [0.2, 0.25) is 5.91 Å². The van der Waals surface area contributed by atoms with Crippen molar-refractivity contribution in [2.45, 2.75) is 30.8 Å². The Kier molecular flexibility index (Phi) is 4.97. The van der Waals surface area contributed by atoms with Crippen LogP contribution in [0.3, 0.4) is 0 Å². The number of hydrogen-bond acceptors (Lipinski definition) is 4. The van der Waals surface area contributed by atoms with Crippen LogP contribution in [0, 0.1) is 0 Å². The molecule has 6 nitrogen and oxygen atoms in total. The SMILES string of the molecule is Cn1c(SCC(=O)N2CCCCCC2)nnc1-c1c[nH]c2ccccc12. The van der Waals surface area contributed by atoms with Crippen molar-refractivity contribution in [2.75, 3.05) is 18.8 Å². The molecule has 2 aromatic heterocycles. The van der Waals surface area contributed by atoms with Gasteiger partial charge in [-0.25, -0.2) is 0 Å². The number of carbonyl (C=O) groups is 1. The number of benzene rings is 1. The second-order valence-electron chi connectivity index (χ2n) is 6.70. The van der Waals surface area contributed by atoms with Crippen LogP contribution in [0.2, 0.25) is 0 Å². The van der Waals surface area contributed by atoms with Crippen molar-refractivity contribution in [1.29, 1.82) is 0 Å². The van der Waals surface area contributed by atoms with E-state index in [0.717, 1.165) is 53.4 Å². The fraction of sp³-hybridized carbons (Fsp3) is 0.421. The Bertz CT molecular complexity index is 908. The second-order valence-corrected chi connectivity index (χ2v) is 7.64. The van der Waals surface area contributed by atoms with Crippen LogP contribution in [0.5, 0.6) is 0 Å². The van der Waals surface area contributed by atoms with E-state index in [4.69, 9.17) is 0 Å². The molecule has 0 saturated carbocycles. The largest absolute Gasteiger partial charge is 0.360 e. The first kappa shape index (κ1) is 17.1. The zero-order chi connectivity index (χ0) is 17.9. The lowest BCUT2D eigenvalue weighted by atomic mass is 10.1. The molecule has 1 saturated heterocycles. The maximum Gasteiger partial charge on any atom is 0.233 e. The van der Waals surface area contributed by atoms with Gasteiger partial charge in [-0.1, -0.05) is 42.8 Å². The number of fused-ring (bicyclic) bond motifs is 1. The number of aromatic nitrogens is 4. The van der Waals surface area contributed by atoms with Gasteiger partial charge >= 0.3 is 0 Å². The molecule has 0 unspecified atom stereocenters. The third kappa shape index (κ3) is 3.35. The van der Waals surface area contributed by atoms with Crippen LogP contribution < -0.4 is 0 Å². The standard InChI is InChI=1S/C19H23N5OS/c1-23-18(15-12-20-16-9-5-4-8-14(15)16)21-22-19(23)26-13-17(25)24-10-6-2-3-7-11-24/h4-5,8-9,12,20H,2-3,6-7,10-11,13H2,1H3. The van der Waals surface area contributed by atoms with E-state index in [0.29, 0.717) is 5.75 Å². The minimum Gasteiger partial charge on any atom is -0.360 e. The Hall–Kier alpha value is -2.28. The summed E-state index contributed by atoms with van der Waals surface area (Å²) in [6.45, 7) is 1.78. The Labute approximate surface area is 157 Å². The minimum atomic E-state index is 0.202. The molecule has 7 heteroatoms. The van der Waals surface area contributed by atoms with Gasteiger partial charge in [-0.3, -0.25) is 4.79 Å². The third-order valence-electron chi connectivity index (χ3n) is 4.95. The lowest BCUT2D eigenvalue weighted by Gasteiger charge is -2.19. The molecule has 0 bridgehead atoms. The average Bonchev–Trinajstić information content (AvgIpc) is 3.11. The number of rotatable bonds is 4. The first-order valence-corrected chi connectivity index (χ1v) is 10.1. The number of carbonyl (C=O) groups excluding carboxylic acids is 1. The Morgan fingerprint density at radius 2 is 1.92 bits per heavy atom. The average molecular weight is 369 g/mol. The molecule has 1 aromatic carbocycles.